The predicted molar refractivity (Wildman–Crippen MR) is 139 cm³/mol. The van der Waals surface area contributed by atoms with Crippen LogP contribution in [0, 0.1) is 41.0 Å². The second-order valence-electron chi connectivity index (χ2n) is 11.4. The summed E-state index contributed by atoms with van der Waals surface area (Å²) in [6.45, 7) is 0. The average molecular weight is 503 g/mol. The van der Waals surface area contributed by atoms with Gasteiger partial charge in [-0.25, -0.2) is 17.6 Å². The number of rotatable bonds is 5. The quantitative estimate of drug-likeness (QED) is 0.357. The van der Waals surface area contributed by atoms with Crippen LogP contribution in [-0.4, -0.2) is 0 Å². The minimum absolute atomic E-state index is 0.227. The summed E-state index contributed by atoms with van der Waals surface area (Å²) in [7, 11) is 0. The first-order valence-electron chi connectivity index (χ1n) is 14.4. The van der Waals surface area contributed by atoms with Crippen LogP contribution < -0.4 is 0 Å². The molecule has 3 aliphatic carbocycles. The number of benzene rings is 2. The second-order valence-corrected chi connectivity index (χ2v) is 11.4. The molecule has 3 fully saturated rings. The molecule has 0 heterocycles. The van der Waals surface area contributed by atoms with Crippen LogP contribution in [-0.2, 0) is 6.42 Å². The van der Waals surface area contributed by atoms with Crippen LogP contribution in [0.25, 0.3) is 0 Å². The number of hydrogen-bond acceptors (Lipinski definition) is 0. The maximum absolute atomic E-state index is 13.9. The molecule has 0 saturated heterocycles. The lowest BCUT2D eigenvalue weighted by atomic mass is 9.70. The maximum atomic E-state index is 13.9. The lowest BCUT2D eigenvalue weighted by Crippen LogP contribution is -2.23. The molecule has 0 radical (unpaired) electrons. The molecule has 36 heavy (non-hydrogen) atoms. The van der Waals surface area contributed by atoms with Crippen molar-refractivity contribution in [3.8, 4) is 0 Å². The number of aryl methyl sites for hydroxylation is 1. The summed E-state index contributed by atoms with van der Waals surface area (Å²) >= 11 is 0. The first kappa shape index (κ1) is 27.2. The zero-order valence-electron chi connectivity index (χ0n) is 21.6. The van der Waals surface area contributed by atoms with Crippen LogP contribution >= 0.6 is 0 Å². The smallest absolute Gasteiger partial charge is 0.162 e. The van der Waals surface area contributed by atoms with Crippen LogP contribution in [0.2, 0.25) is 0 Å². The van der Waals surface area contributed by atoms with Gasteiger partial charge in [0, 0.05) is 0 Å². The molecule has 0 aromatic heterocycles. The zero-order valence-corrected chi connectivity index (χ0v) is 21.6. The Morgan fingerprint density at radius 3 is 1.78 bits per heavy atom. The molecule has 0 amide bonds. The van der Waals surface area contributed by atoms with Crippen molar-refractivity contribution in [1.29, 1.82) is 0 Å². The van der Waals surface area contributed by atoms with Crippen LogP contribution in [0.1, 0.15) is 113 Å². The normalized spacial score (nSPS) is 23.7. The molecular formula is C32H42F4. The van der Waals surface area contributed by atoms with E-state index in [1.54, 1.807) is 24.3 Å². The fourth-order valence-corrected chi connectivity index (χ4v) is 6.92. The van der Waals surface area contributed by atoms with Gasteiger partial charge in [0.15, 0.2) is 23.3 Å². The molecule has 0 aliphatic heterocycles. The molecule has 0 atom stereocenters. The SMILES string of the molecule is Fc1cccc(C2CCC(C3CCCCC3)CC2)c1F.Fc1cccc(CCC2CCCCC2)c1F. The first-order valence-corrected chi connectivity index (χ1v) is 14.4. The van der Waals surface area contributed by atoms with E-state index in [1.807, 2.05) is 0 Å². The fourth-order valence-electron chi connectivity index (χ4n) is 6.92. The van der Waals surface area contributed by atoms with Gasteiger partial charge >= 0.3 is 0 Å². The Bertz CT molecular complexity index is 935. The van der Waals surface area contributed by atoms with Gasteiger partial charge in [0.25, 0.3) is 0 Å². The molecule has 0 bridgehead atoms. The van der Waals surface area contributed by atoms with Crippen molar-refractivity contribution in [2.24, 2.45) is 17.8 Å². The fraction of sp³-hybridized carbons (Fsp3) is 0.625. The molecule has 0 N–H and O–H groups in total. The highest BCUT2D eigenvalue weighted by atomic mass is 19.2. The third-order valence-electron chi connectivity index (χ3n) is 9.09. The van der Waals surface area contributed by atoms with Gasteiger partial charge in [0.05, 0.1) is 0 Å². The maximum Gasteiger partial charge on any atom is 0.162 e. The summed E-state index contributed by atoms with van der Waals surface area (Å²) in [6.07, 6.45) is 19.6. The second kappa shape index (κ2) is 13.6. The molecule has 0 spiro atoms. The molecule has 5 rings (SSSR count). The van der Waals surface area contributed by atoms with E-state index in [0.717, 1.165) is 37.0 Å². The number of halogens is 4. The topological polar surface area (TPSA) is 0 Å². The minimum Gasteiger partial charge on any atom is -0.204 e. The van der Waals surface area contributed by atoms with Crippen LogP contribution in [0.3, 0.4) is 0 Å². The van der Waals surface area contributed by atoms with E-state index in [1.165, 1.54) is 89.2 Å². The monoisotopic (exact) mass is 502 g/mol. The summed E-state index contributed by atoms with van der Waals surface area (Å²) in [5.41, 5.74) is 1.14. The molecular weight excluding hydrogens is 460 g/mol. The Morgan fingerprint density at radius 1 is 0.556 bits per heavy atom. The third-order valence-corrected chi connectivity index (χ3v) is 9.09. The van der Waals surface area contributed by atoms with Crippen molar-refractivity contribution in [2.45, 2.75) is 109 Å². The van der Waals surface area contributed by atoms with E-state index in [4.69, 9.17) is 0 Å². The van der Waals surface area contributed by atoms with Gasteiger partial charge in [0.2, 0.25) is 0 Å². The van der Waals surface area contributed by atoms with Gasteiger partial charge in [-0.1, -0.05) is 88.5 Å². The first-order chi connectivity index (χ1) is 17.5. The average Bonchev–Trinajstić information content (AvgIpc) is 2.93. The Kier molecular flexibility index (Phi) is 10.3. The highest BCUT2D eigenvalue weighted by Gasteiger charge is 2.30. The molecule has 198 valence electrons. The predicted octanol–water partition coefficient (Wildman–Crippen LogP) is 10.3. The lowest BCUT2D eigenvalue weighted by Gasteiger charge is -2.36. The van der Waals surface area contributed by atoms with Crippen LogP contribution in [0.15, 0.2) is 36.4 Å². The Labute approximate surface area is 214 Å². The van der Waals surface area contributed by atoms with E-state index in [9.17, 15) is 17.6 Å². The van der Waals surface area contributed by atoms with Gasteiger partial charge in [-0.05, 0) is 85.5 Å². The molecule has 2 aromatic carbocycles. The lowest BCUT2D eigenvalue weighted by molar-refractivity contribution is 0.185. The Morgan fingerprint density at radius 2 is 1.11 bits per heavy atom. The van der Waals surface area contributed by atoms with E-state index >= 15 is 0 Å². The van der Waals surface area contributed by atoms with Crippen LogP contribution in [0.5, 0.6) is 0 Å². The summed E-state index contributed by atoms with van der Waals surface area (Å²) in [6, 6.07) is 9.09. The third kappa shape index (κ3) is 7.35. The van der Waals surface area contributed by atoms with Crippen molar-refractivity contribution in [3.63, 3.8) is 0 Å². The van der Waals surface area contributed by atoms with Gasteiger partial charge in [-0.15, -0.1) is 0 Å². The summed E-state index contributed by atoms with van der Waals surface area (Å²) < 4.78 is 53.5. The van der Waals surface area contributed by atoms with Gasteiger partial charge < -0.3 is 0 Å². The van der Waals surface area contributed by atoms with Crippen LogP contribution in [0.4, 0.5) is 17.6 Å². The standard InChI is InChI=1S/C18H24F2.C14H18F2/c19-17-8-4-7-16(18(17)20)15-11-9-14(10-12-15)13-5-2-1-3-6-13;15-13-8-4-7-12(14(13)16)10-9-11-5-2-1-3-6-11/h4,7-8,13-15H,1-3,5-6,9-12H2;4,7-8,11H,1-3,5-6,9-10H2. The van der Waals surface area contributed by atoms with E-state index in [-0.39, 0.29) is 5.92 Å². The summed E-state index contributed by atoms with van der Waals surface area (Å²) in [5.74, 6) is -0.00263. The molecule has 0 unspecified atom stereocenters. The highest BCUT2D eigenvalue weighted by molar-refractivity contribution is 5.23. The zero-order chi connectivity index (χ0) is 25.3. The van der Waals surface area contributed by atoms with Crippen molar-refractivity contribution in [2.75, 3.05) is 0 Å². The summed E-state index contributed by atoms with van der Waals surface area (Å²) in [5, 5.41) is 0. The van der Waals surface area contributed by atoms with Gasteiger partial charge in [-0.3, -0.25) is 0 Å². The Hall–Kier alpha value is -1.84. The van der Waals surface area contributed by atoms with E-state index < -0.39 is 23.3 Å². The minimum atomic E-state index is -0.721. The van der Waals surface area contributed by atoms with E-state index in [2.05, 4.69) is 0 Å². The van der Waals surface area contributed by atoms with Crippen molar-refractivity contribution in [1.82, 2.24) is 0 Å². The molecule has 3 aliphatic rings. The summed E-state index contributed by atoms with van der Waals surface area (Å²) in [4.78, 5) is 0. The Balaban J connectivity index is 0.000000174. The molecule has 4 heteroatoms. The number of hydrogen-bond donors (Lipinski definition) is 0. The largest absolute Gasteiger partial charge is 0.204 e. The molecule has 2 aromatic rings. The van der Waals surface area contributed by atoms with Crippen molar-refractivity contribution in [3.05, 3.63) is 70.8 Å². The molecule has 3 saturated carbocycles. The van der Waals surface area contributed by atoms with Gasteiger partial charge in [-0.2, -0.15) is 0 Å². The van der Waals surface area contributed by atoms with Gasteiger partial charge in [0.1, 0.15) is 0 Å². The molecule has 0 nitrogen and oxygen atoms in total. The van der Waals surface area contributed by atoms with Crippen molar-refractivity contribution < 1.29 is 17.6 Å². The van der Waals surface area contributed by atoms with Crippen molar-refractivity contribution >= 4 is 0 Å². The highest BCUT2D eigenvalue weighted by Crippen LogP contribution is 2.43. The van der Waals surface area contributed by atoms with E-state index in [0.29, 0.717) is 17.5 Å².